The average Bonchev–Trinajstić information content (AvgIpc) is 2.99. The smallest absolute Gasteiger partial charge is 0.335 e. The van der Waals surface area contributed by atoms with Crippen molar-refractivity contribution in [3.8, 4) is 45.3 Å². The molecule has 0 aliphatic carbocycles. The standard InChI is InChI=1S/C34H22O8/c35-29-17-21(33(37)38)11-13-25(29)27-15-9-19-5-1-3-7-23(19)31(27)41-42-32-24-8-4-2-6-20(24)10-16-28(32)26-14-12-22(34(39)40)18-30(26)36/h1-18,35-36H,(H,37,38)(H,39,40). The Morgan fingerprint density at radius 1 is 0.476 bits per heavy atom. The molecule has 0 unspecified atom stereocenters. The van der Waals surface area contributed by atoms with Crippen molar-refractivity contribution in [2.45, 2.75) is 0 Å². The maximum Gasteiger partial charge on any atom is 0.335 e. The van der Waals surface area contributed by atoms with E-state index in [9.17, 15) is 30.0 Å². The quantitative estimate of drug-likeness (QED) is 0.117. The predicted molar refractivity (Wildman–Crippen MR) is 157 cm³/mol. The number of phenolic OH excluding ortho intramolecular Hbond substituents is 2. The average molecular weight is 559 g/mol. The van der Waals surface area contributed by atoms with Crippen LogP contribution < -0.4 is 9.78 Å². The molecule has 0 saturated carbocycles. The number of rotatable bonds is 7. The second-order valence-corrected chi connectivity index (χ2v) is 9.57. The summed E-state index contributed by atoms with van der Waals surface area (Å²) in [6, 6.07) is 30.2. The Labute approximate surface area is 238 Å². The van der Waals surface area contributed by atoms with Gasteiger partial charge in [0, 0.05) is 33.0 Å². The van der Waals surface area contributed by atoms with E-state index in [0.717, 1.165) is 10.8 Å². The Morgan fingerprint density at radius 2 is 0.857 bits per heavy atom. The first kappa shape index (κ1) is 26.2. The molecule has 8 heteroatoms. The monoisotopic (exact) mass is 558 g/mol. The van der Waals surface area contributed by atoms with Gasteiger partial charge < -0.3 is 20.4 Å². The molecule has 0 amide bonds. The van der Waals surface area contributed by atoms with Crippen LogP contribution in [0, 0.1) is 0 Å². The Kier molecular flexibility index (Phi) is 6.56. The minimum atomic E-state index is -1.17. The van der Waals surface area contributed by atoms with Crippen molar-refractivity contribution < 1.29 is 39.8 Å². The van der Waals surface area contributed by atoms with Gasteiger partial charge in [-0.2, -0.15) is 0 Å². The second kappa shape index (κ2) is 10.5. The lowest BCUT2D eigenvalue weighted by atomic mass is 9.97. The number of benzene rings is 6. The maximum atomic E-state index is 11.4. The Hall–Kier alpha value is -6.02. The molecule has 4 N–H and O–H groups in total. The molecule has 0 atom stereocenters. The molecule has 0 spiro atoms. The molecule has 0 aliphatic heterocycles. The number of hydrogen-bond acceptors (Lipinski definition) is 6. The topological polar surface area (TPSA) is 134 Å². The van der Waals surface area contributed by atoms with Gasteiger partial charge in [-0.15, -0.1) is 0 Å². The van der Waals surface area contributed by atoms with Crippen LogP contribution in [0.1, 0.15) is 20.7 Å². The Morgan fingerprint density at radius 3 is 1.24 bits per heavy atom. The van der Waals surface area contributed by atoms with Crippen molar-refractivity contribution in [2.24, 2.45) is 0 Å². The van der Waals surface area contributed by atoms with Crippen molar-refractivity contribution in [1.82, 2.24) is 0 Å². The van der Waals surface area contributed by atoms with Gasteiger partial charge >= 0.3 is 11.9 Å². The van der Waals surface area contributed by atoms with Crippen molar-refractivity contribution >= 4 is 33.5 Å². The van der Waals surface area contributed by atoms with Crippen LogP contribution in [0.15, 0.2) is 109 Å². The first-order chi connectivity index (χ1) is 20.3. The first-order valence-electron chi connectivity index (χ1n) is 12.8. The highest BCUT2D eigenvalue weighted by Gasteiger charge is 2.21. The fraction of sp³-hybridized carbons (Fsp3) is 0. The van der Waals surface area contributed by atoms with E-state index in [-0.39, 0.29) is 34.1 Å². The third-order valence-electron chi connectivity index (χ3n) is 7.04. The Balaban J connectivity index is 1.51. The molecule has 0 bridgehead atoms. The van der Waals surface area contributed by atoms with Crippen LogP contribution in [-0.2, 0) is 0 Å². The summed E-state index contributed by atoms with van der Waals surface area (Å²) in [5.41, 5.74) is 1.46. The van der Waals surface area contributed by atoms with Gasteiger partial charge in [0.25, 0.3) is 0 Å². The normalized spacial score (nSPS) is 11.0. The zero-order chi connectivity index (χ0) is 29.4. The van der Waals surface area contributed by atoms with Crippen molar-refractivity contribution in [1.29, 1.82) is 0 Å². The summed E-state index contributed by atoms with van der Waals surface area (Å²) in [4.78, 5) is 35.0. The lowest BCUT2D eigenvalue weighted by Crippen LogP contribution is -2.05. The van der Waals surface area contributed by atoms with Crippen LogP contribution in [0.2, 0.25) is 0 Å². The minimum absolute atomic E-state index is 0.0649. The second-order valence-electron chi connectivity index (χ2n) is 9.57. The van der Waals surface area contributed by atoms with Gasteiger partial charge in [0.2, 0.25) is 0 Å². The third kappa shape index (κ3) is 4.67. The van der Waals surface area contributed by atoms with E-state index in [1.54, 1.807) is 12.1 Å². The number of fused-ring (bicyclic) bond motifs is 2. The third-order valence-corrected chi connectivity index (χ3v) is 7.04. The Bertz CT molecular complexity index is 1880. The highest BCUT2D eigenvalue weighted by atomic mass is 17.2. The fourth-order valence-corrected chi connectivity index (χ4v) is 4.96. The van der Waals surface area contributed by atoms with Gasteiger partial charge in [0.1, 0.15) is 11.5 Å². The number of phenols is 2. The number of carboxylic acid groups (broad SMARTS) is 2. The van der Waals surface area contributed by atoms with Gasteiger partial charge in [-0.05, 0) is 59.3 Å². The SMILES string of the molecule is O=C(O)c1ccc(-c2ccc3ccccc3c2OOc2c(-c3ccc(C(=O)O)cc3O)ccc3ccccc23)c(O)c1. The van der Waals surface area contributed by atoms with E-state index in [4.69, 9.17) is 9.78 Å². The van der Waals surface area contributed by atoms with Crippen LogP contribution in [0.25, 0.3) is 43.8 Å². The van der Waals surface area contributed by atoms with E-state index in [0.29, 0.717) is 33.0 Å². The minimum Gasteiger partial charge on any atom is -0.507 e. The number of carboxylic acids is 2. The van der Waals surface area contributed by atoms with Crippen LogP contribution in [0.3, 0.4) is 0 Å². The van der Waals surface area contributed by atoms with E-state index in [1.807, 2.05) is 60.7 Å². The molecule has 0 aliphatic rings. The molecule has 0 heterocycles. The molecular weight excluding hydrogens is 536 g/mol. The molecule has 206 valence electrons. The lowest BCUT2D eigenvalue weighted by Gasteiger charge is -2.18. The van der Waals surface area contributed by atoms with E-state index >= 15 is 0 Å². The highest BCUT2D eigenvalue weighted by molar-refractivity contribution is 5.99. The molecule has 6 aromatic carbocycles. The molecule has 0 saturated heterocycles. The van der Waals surface area contributed by atoms with Crippen LogP contribution >= 0.6 is 0 Å². The van der Waals surface area contributed by atoms with Gasteiger partial charge in [0.15, 0.2) is 11.5 Å². The van der Waals surface area contributed by atoms with Gasteiger partial charge in [-0.1, -0.05) is 60.7 Å². The number of hydrogen-bond donors (Lipinski definition) is 4. The zero-order valence-electron chi connectivity index (χ0n) is 21.8. The van der Waals surface area contributed by atoms with Gasteiger partial charge in [-0.25, -0.2) is 9.59 Å². The first-order valence-corrected chi connectivity index (χ1v) is 12.8. The number of carbonyl (C=O) groups is 2. The van der Waals surface area contributed by atoms with E-state index < -0.39 is 11.9 Å². The summed E-state index contributed by atoms with van der Waals surface area (Å²) in [6.45, 7) is 0. The van der Waals surface area contributed by atoms with Crippen molar-refractivity contribution in [3.05, 3.63) is 120 Å². The van der Waals surface area contributed by atoms with Crippen molar-refractivity contribution in [2.75, 3.05) is 0 Å². The highest BCUT2D eigenvalue weighted by Crippen LogP contribution is 2.44. The van der Waals surface area contributed by atoms with E-state index in [2.05, 4.69) is 0 Å². The molecule has 8 nitrogen and oxygen atoms in total. The lowest BCUT2D eigenvalue weighted by molar-refractivity contribution is -0.0957. The van der Waals surface area contributed by atoms with Crippen molar-refractivity contribution in [3.63, 3.8) is 0 Å². The molecule has 42 heavy (non-hydrogen) atoms. The predicted octanol–water partition coefficient (Wildman–Crippen LogP) is 7.51. The molecule has 6 rings (SSSR count). The van der Waals surface area contributed by atoms with Crippen LogP contribution in [-0.4, -0.2) is 32.4 Å². The summed E-state index contributed by atoms with van der Waals surface area (Å²) < 4.78 is 0. The van der Waals surface area contributed by atoms with Gasteiger partial charge in [-0.3, -0.25) is 9.78 Å². The summed E-state index contributed by atoms with van der Waals surface area (Å²) in [5.74, 6) is -2.28. The number of aromatic hydroxyl groups is 2. The summed E-state index contributed by atoms with van der Waals surface area (Å²) >= 11 is 0. The van der Waals surface area contributed by atoms with Crippen LogP contribution in [0.4, 0.5) is 0 Å². The zero-order valence-corrected chi connectivity index (χ0v) is 21.8. The summed E-state index contributed by atoms with van der Waals surface area (Å²) in [7, 11) is 0. The van der Waals surface area contributed by atoms with Gasteiger partial charge in [0.05, 0.1) is 11.1 Å². The molecule has 0 radical (unpaired) electrons. The summed E-state index contributed by atoms with van der Waals surface area (Å²) in [6.07, 6.45) is 0. The molecule has 0 fully saturated rings. The summed E-state index contributed by atoms with van der Waals surface area (Å²) in [5, 5.41) is 43.2. The van der Waals surface area contributed by atoms with Crippen LogP contribution in [0.5, 0.6) is 23.0 Å². The fourth-order valence-electron chi connectivity index (χ4n) is 4.96. The molecular formula is C34H22O8. The molecule has 0 aromatic heterocycles. The van der Waals surface area contributed by atoms with E-state index in [1.165, 1.54) is 36.4 Å². The largest absolute Gasteiger partial charge is 0.507 e. The maximum absolute atomic E-state index is 11.4. The number of aromatic carboxylic acids is 2. The molecule has 6 aromatic rings.